The van der Waals surface area contributed by atoms with Gasteiger partial charge in [-0.2, -0.15) is 0 Å². The van der Waals surface area contributed by atoms with Crippen LogP contribution in [0.3, 0.4) is 0 Å². The van der Waals surface area contributed by atoms with Gasteiger partial charge in [0.25, 0.3) is 0 Å². The molecular formula is C27H32ClNO. The Labute approximate surface area is 187 Å². The molecular weight excluding hydrogens is 390 g/mol. The number of aliphatic hydroxyl groups is 1. The minimum atomic E-state index is -0.811. The van der Waals surface area contributed by atoms with Crippen LogP contribution >= 0.6 is 12.4 Å². The predicted octanol–water partition coefficient (Wildman–Crippen LogP) is 6.08. The Morgan fingerprint density at radius 1 is 0.700 bits per heavy atom. The first-order chi connectivity index (χ1) is 14.0. The molecule has 0 aliphatic carbocycles. The molecule has 1 saturated heterocycles. The van der Waals surface area contributed by atoms with E-state index < -0.39 is 5.60 Å². The van der Waals surface area contributed by atoms with Crippen molar-refractivity contribution in [2.75, 3.05) is 7.05 Å². The fourth-order valence-corrected chi connectivity index (χ4v) is 5.43. The normalized spacial score (nSPS) is 29.2. The number of rotatable bonds is 4. The molecule has 0 saturated carbocycles. The molecule has 1 aliphatic rings. The van der Waals surface area contributed by atoms with Crippen LogP contribution in [-0.4, -0.2) is 22.7 Å². The highest BCUT2D eigenvalue weighted by Crippen LogP contribution is 2.52. The van der Waals surface area contributed by atoms with E-state index in [2.05, 4.69) is 111 Å². The third-order valence-electron chi connectivity index (χ3n) is 7.01. The van der Waals surface area contributed by atoms with Gasteiger partial charge in [0, 0.05) is 30.3 Å². The summed E-state index contributed by atoms with van der Waals surface area (Å²) in [5.41, 5.74) is 2.91. The standard InChI is InChI=1S/C27H31NO.ClH/c1-20-25(23-15-9-5-10-16-23)28(3)26(24-17-11-6-12-18-24)21(2)27(20,29)19-22-13-7-4-8-14-22;/h4-18,20-21,25-26,29H,19H2,1-3H3;1H. The van der Waals surface area contributed by atoms with Gasteiger partial charge in [0.15, 0.2) is 0 Å². The van der Waals surface area contributed by atoms with Gasteiger partial charge in [0.2, 0.25) is 0 Å². The monoisotopic (exact) mass is 421 g/mol. The molecule has 0 radical (unpaired) electrons. The van der Waals surface area contributed by atoms with Gasteiger partial charge in [0.1, 0.15) is 0 Å². The Morgan fingerprint density at radius 3 is 1.47 bits per heavy atom. The van der Waals surface area contributed by atoms with Gasteiger partial charge >= 0.3 is 0 Å². The highest BCUT2D eigenvalue weighted by Gasteiger charge is 2.53. The number of hydrogen-bond donors (Lipinski definition) is 1. The molecule has 1 heterocycles. The van der Waals surface area contributed by atoms with Gasteiger partial charge in [-0.3, -0.25) is 4.90 Å². The first kappa shape index (κ1) is 22.6. The van der Waals surface area contributed by atoms with E-state index in [4.69, 9.17) is 0 Å². The third-order valence-corrected chi connectivity index (χ3v) is 7.01. The first-order valence-corrected chi connectivity index (χ1v) is 10.6. The SMILES string of the molecule is CC1C(c2ccccc2)N(C)C(c2ccccc2)C(C)C1(O)Cc1ccccc1.Cl. The molecule has 0 aromatic heterocycles. The molecule has 1 N–H and O–H groups in total. The van der Waals surface area contributed by atoms with Crippen molar-refractivity contribution in [3.8, 4) is 0 Å². The largest absolute Gasteiger partial charge is 0.389 e. The number of piperidine rings is 1. The van der Waals surface area contributed by atoms with Crippen LogP contribution in [0.15, 0.2) is 91.0 Å². The lowest BCUT2D eigenvalue weighted by atomic mass is 9.63. The minimum absolute atomic E-state index is 0. The number of halogens is 1. The molecule has 30 heavy (non-hydrogen) atoms. The van der Waals surface area contributed by atoms with Crippen molar-refractivity contribution in [2.45, 2.75) is 38.0 Å². The summed E-state index contributed by atoms with van der Waals surface area (Å²) in [5, 5.41) is 12.2. The second-order valence-electron chi connectivity index (χ2n) is 8.61. The zero-order chi connectivity index (χ0) is 20.4. The first-order valence-electron chi connectivity index (χ1n) is 10.6. The van der Waals surface area contributed by atoms with E-state index in [1.807, 2.05) is 6.07 Å². The number of benzene rings is 3. The fraction of sp³-hybridized carbons (Fsp3) is 0.333. The van der Waals surface area contributed by atoms with Crippen LogP contribution in [0, 0.1) is 11.8 Å². The fourth-order valence-electron chi connectivity index (χ4n) is 5.43. The molecule has 3 heteroatoms. The Bertz CT molecular complexity index is 862. The van der Waals surface area contributed by atoms with E-state index in [-0.39, 0.29) is 36.3 Å². The Hall–Kier alpha value is -2.13. The highest BCUT2D eigenvalue weighted by atomic mass is 35.5. The number of hydrogen-bond acceptors (Lipinski definition) is 2. The molecule has 1 fully saturated rings. The van der Waals surface area contributed by atoms with Crippen LogP contribution in [0.1, 0.15) is 42.6 Å². The lowest BCUT2D eigenvalue weighted by Crippen LogP contribution is -2.59. The van der Waals surface area contributed by atoms with E-state index >= 15 is 0 Å². The van der Waals surface area contributed by atoms with Crippen molar-refractivity contribution in [3.05, 3.63) is 108 Å². The zero-order valence-electron chi connectivity index (χ0n) is 18.0. The second kappa shape index (κ2) is 9.34. The summed E-state index contributed by atoms with van der Waals surface area (Å²) in [6.07, 6.45) is 0.663. The summed E-state index contributed by atoms with van der Waals surface area (Å²) in [5.74, 6) is 0.176. The van der Waals surface area contributed by atoms with Gasteiger partial charge in [-0.1, -0.05) is 105 Å². The average molecular weight is 422 g/mol. The van der Waals surface area contributed by atoms with E-state index in [9.17, 15) is 5.11 Å². The van der Waals surface area contributed by atoms with E-state index in [0.717, 1.165) is 0 Å². The van der Waals surface area contributed by atoms with Gasteiger partial charge < -0.3 is 5.11 Å². The molecule has 0 bridgehead atoms. The van der Waals surface area contributed by atoms with Crippen molar-refractivity contribution in [1.82, 2.24) is 4.90 Å². The summed E-state index contributed by atoms with van der Waals surface area (Å²) in [7, 11) is 2.21. The number of likely N-dealkylation sites (tertiary alicyclic amines) is 1. The zero-order valence-corrected chi connectivity index (χ0v) is 18.8. The molecule has 1 aliphatic heterocycles. The van der Waals surface area contributed by atoms with Gasteiger partial charge in [-0.15, -0.1) is 12.4 Å². The third kappa shape index (κ3) is 4.05. The highest BCUT2D eigenvalue weighted by molar-refractivity contribution is 5.85. The average Bonchev–Trinajstić information content (AvgIpc) is 2.75. The lowest BCUT2D eigenvalue weighted by molar-refractivity contribution is -0.154. The molecule has 3 aromatic rings. The summed E-state index contributed by atoms with van der Waals surface area (Å²) < 4.78 is 0. The summed E-state index contributed by atoms with van der Waals surface area (Å²) in [4.78, 5) is 2.47. The molecule has 3 aromatic carbocycles. The van der Waals surface area contributed by atoms with Crippen LogP contribution in [0.2, 0.25) is 0 Å². The van der Waals surface area contributed by atoms with Gasteiger partial charge in [-0.05, 0) is 23.7 Å². The maximum atomic E-state index is 12.2. The molecule has 4 unspecified atom stereocenters. The van der Waals surface area contributed by atoms with Crippen molar-refractivity contribution >= 4 is 12.4 Å². The van der Waals surface area contributed by atoms with Crippen molar-refractivity contribution in [2.24, 2.45) is 11.8 Å². The maximum Gasteiger partial charge on any atom is 0.0775 e. The summed E-state index contributed by atoms with van der Waals surface area (Å²) >= 11 is 0. The van der Waals surface area contributed by atoms with Crippen LogP contribution in [0.5, 0.6) is 0 Å². The quantitative estimate of drug-likeness (QED) is 0.551. The molecule has 4 atom stereocenters. The lowest BCUT2D eigenvalue weighted by Gasteiger charge is -2.56. The Balaban J connectivity index is 0.00000256. The molecule has 0 amide bonds. The van der Waals surface area contributed by atoms with Crippen molar-refractivity contribution in [3.63, 3.8) is 0 Å². The minimum Gasteiger partial charge on any atom is -0.389 e. The van der Waals surface area contributed by atoms with E-state index in [1.54, 1.807) is 0 Å². The Morgan fingerprint density at radius 2 is 1.07 bits per heavy atom. The smallest absolute Gasteiger partial charge is 0.0775 e. The molecule has 4 rings (SSSR count). The van der Waals surface area contributed by atoms with E-state index in [1.165, 1.54) is 16.7 Å². The van der Waals surface area contributed by atoms with Gasteiger partial charge in [0.05, 0.1) is 5.60 Å². The Kier molecular flexibility index (Phi) is 7.02. The topological polar surface area (TPSA) is 23.5 Å². The van der Waals surface area contributed by atoms with Gasteiger partial charge in [-0.25, -0.2) is 0 Å². The molecule has 2 nitrogen and oxygen atoms in total. The molecule has 158 valence electrons. The van der Waals surface area contributed by atoms with E-state index in [0.29, 0.717) is 6.42 Å². The predicted molar refractivity (Wildman–Crippen MR) is 127 cm³/mol. The van der Waals surface area contributed by atoms with Crippen LogP contribution in [-0.2, 0) is 6.42 Å². The van der Waals surface area contributed by atoms with Crippen molar-refractivity contribution in [1.29, 1.82) is 0 Å². The molecule has 0 spiro atoms. The number of nitrogens with zero attached hydrogens (tertiary/aromatic N) is 1. The van der Waals surface area contributed by atoms with Crippen LogP contribution in [0.25, 0.3) is 0 Å². The van der Waals surface area contributed by atoms with Crippen LogP contribution < -0.4 is 0 Å². The summed E-state index contributed by atoms with van der Waals surface area (Å²) in [6, 6.07) is 32.0. The van der Waals surface area contributed by atoms with Crippen molar-refractivity contribution < 1.29 is 5.11 Å². The maximum absolute atomic E-state index is 12.2. The van der Waals surface area contributed by atoms with Crippen LogP contribution in [0.4, 0.5) is 0 Å². The summed E-state index contributed by atoms with van der Waals surface area (Å²) in [6.45, 7) is 4.43. The second-order valence-corrected chi connectivity index (χ2v) is 8.61.